The molecule has 3 rings (SSSR count). The molecule has 2 aromatic carbocycles. The first kappa shape index (κ1) is 12.8. The van der Waals surface area contributed by atoms with Gasteiger partial charge >= 0.3 is 0 Å². The van der Waals surface area contributed by atoms with E-state index in [0.717, 1.165) is 32.7 Å². The van der Waals surface area contributed by atoms with Crippen molar-refractivity contribution in [1.82, 2.24) is 0 Å². The second kappa shape index (κ2) is 5.43. The highest BCUT2D eigenvalue weighted by Crippen LogP contribution is 2.38. The summed E-state index contributed by atoms with van der Waals surface area (Å²) < 4.78 is 0. The molecule has 0 spiro atoms. The third-order valence-electron chi connectivity index (χ3n) is 3.27. The van der Waals surface area contributed by atoms with Gasteiger partial charge in [0.2, 0.25) is 0 Å². The van der Waals surface area contributed by atoms with E-state index in [4.69, 9.17) is 0 Å². The maximum Gasteiger partial charge on any atom is 0.160 e. The first-order valence-electron chi connectivity index (χ1n) is 6.49. The Hall–Kier alpha value is -2.19. The van der Waals surface area contributed by atoms with Crippen LogP contribution in [0.15, 0.2) is 60.7 Å². The fraction of sp³-hybridized carbons (Fsp3) is 0.0556. The second-order valence-electron chi connectivity index (χ2n) is 4.74. The molecule has 1 aromatic heterocycles. The maximum absolute atomic E-state index is 11.1. The van der Waals surface area contributed by atoms with Crippen LogP contribution in [0.4, 0.5) is 0 Å². The number of carbonyl (C=O) groups is 1. The lowest BCUT2D eigenvalue weighted by Gasteiger charge is -2.04. The van der Waals surface area contributed by atoms with E-state index in [1.165, 1.54) is 5.56 Å². The summed E-state index contributed by atoms with van der Waals surface area (Å²) in [5.41, 5.74) is 4.67. The molecule has 1 heterocycles. The molecule has 98 valence electrons. The molecular formula is C18H14OS. The van der Waals surface area contributed by atoms with Crippen LogP contribution in [0.1, 0.15) is 15.2 Å². The van der Waals surface area contributed by atoms with Crippen molar-refractivity contribution in [2.24, 2.45) is 0 Å². The van der Waals surface area contributed by atoms with Crippen LogP contribution in [0.2, 0.25) is 0 Å². The molecule has 1 nitrogen and oxygen atoms in total. The molecule has 0 unspecified atom stereocenters. The zero-order chi connectivity index (χ0) is 13.9. The molecule has 0 aliphatic rings. The number of benzene rings is 2. The van der Waals surface area contributed by atoms with Gasteiger partial charge in [-0.25, -0.2) is 0 Å². The molecule has 0 radical (unpaired) electrons. The zero-order valence-electron chi connectivity index (χ0n) is 11.2. The lowest BCUT2D eigenvalue weighted by atomic mass is 10.0. The Bertz CT molecular complexity index is 724. The number of hydrogen-bond acceptors (Lipinski definition) is 2. The lowest BCUT2D eigenvalue weighted by molar-refractivity contribution is 0.112. The monoisotopic (exact) mass is 278 g/mol. The number of aldehydes is 1. The van der Waals surface area contributed by atoms with Crippen molar-refractivity contribution in [1.29, 1.82) is 0 Å². The SMILES string of the molecule is Cc1ccc(-c2cc(C=O)sc2-c2ccccc2)cc1. The summed E-state index contributed by atoms with van der Waals surface area (Å²) in [6.07, 6.45) is 0.925. The highest BCUT2D eigenvalue weighted by atomic mass is 32.1. The molecule has 20 heavy (non-hydrogen) atoms. The van der Waals surface area contributed by atoms with E-state index in [0.29, 0.717) is 0 Å². The van der Waals surface area contributed by atoms with Crippen molar-refractivity contribution in [2.75, 3.05) is 0 Å². The van der Waals surface area contributed by atoms with Crippen LogP contribution < -0.4 is 0 Å². The molecule has 0 fully saturated rings. The van der Waals surface area contributed by atoms with Gasteiger partial charge in [0.1, 0.15) is 0 Å². The largest absolute Gasteiger partial charge is 0.297 e. The van der Waals surface area contributed by atoms with Crippen LogP contribution in [0, 0.1) is 6.92 Å². The highest BCUT2D eigenvalue weighted by Gasteiger charge is 2.12. The van der Waals surface area contributed by atoms with Gasteiger partial charge in [-0.05, 0) is 24.1 Å². The molecule has 3 aromatic rings. The number of aryl methyl sites for hydroxylation is 1. The summed E-state index contributed by atoms with van der Waals surface area (Å²) in [4.78, 5) is 13.0. The average Bonchev–Trinajstić information content (AvgIpc) is 2.93. The molecule has 2 heteroatoms. The number of carbonyl (C=O) groups excluding carboxylic acids is 1. The third kappa shape index (κ3) is 2.43. The van der Waals surface area contributed by atoms with Crippen LogP contribution in [-0.4, -0.2) is 6.29 Å². The molecule has 0 N–H and O–H groups in total. The summed E-state index contributed by atoms with van der Waals surface area (Å²) in [5, 5.41) is 0. The minimum absolute atomic E-state index is 0.763. The summed E-state index contributed by atoms with van der Waals surface area (Å²) in [7, 11) is 0. The Morgan fingerprint density at radius 3 is 2.25 bits per heavy atom. The van der Waals surface area contributed by atoms with Crippen LogP contribution >= 0.6 is 11.3 Å². The minimum atomic E-state index is 0.763. The van der Waals surface area contributed by atoms with Crippen LogP contribution in [-0.2, 0) is 0 Å². The van der Waals surface area contributed by atoms with Gasteiger partial charge < -0.3 is 0 Å². The molecule has 0 atom stereocenters. The summed E-state index contributed by atoms with van der Waals surface area (Å²) in [5.74, 6) is 0. The molecule has 0 aliphatic heterocycles. The fourth-order valence-corrected chi connectivity index (χ4v) is 3.22. The van der Waals surface area contributed by atoms with E-state index in [1.807, 2.05) is 24.3 Å². The van der Waals surface area contributed by atoms with Gasteiger partial charge in [-0.3, -0.25) is 4.79 Å². The molecule has 0 aliphatic carbocycles. The first-order chi connectivity index (χ1) is 9.78. The van der Waals surface area contributed by atoms with Crippen molar-refractivity contribution in [2.45, 2.75) is 6.92 Å². The van der Waals surface area contributed by atoms with Gasteiger partial charge in [-0.2, -0.15) is 0 Å². The Labute approximate surface area is 122 Å². The van der Waals surface area contributed by atoms with Crippen molar-refractivity contribution in [3.05, 3.63) is 71.1 Å². The van der Waals surface area contributed by atoms with E-state index >= 15 is 0 Å². The molecule has 0 amide bonds. The normalized spacial score (nSPS) is 10.4. The van der Waals surface area contributed by atoms with Gasteiger partial charge in [0.25, 0.3) is 0 Å². The van der Waals surface area contributed by atoms with Gasteiger partial charge in [0.05, 0.1) is 4.88 Å². The molecular weight excluding hydrogens is 264 g/mol. The quantitative estimate of drug-likeness (QED) is 0.601. The third-order valence-corrected chi connectivity index (χ3v) is 4.38. The van der Waals surface area contributed by atoms with Gasteiger partial charge in [0.15, 0.2) is 6.29 Å². The summed E-state index contributed by atoms with van der Waals surface area (Å²) >= 11 is 1.54. The van der Waals surface area contributed by atoms with Crippen molar-refractivity contribution in [3.63, 3.8) is 0 Å². The van der Waals surface area contributed by atoms with E-state index in [-0.39, 0.29) is 0 Å². The topological polar surface area (TPSA) is 17.1 Å². The standard InChI is InChI=1S/C18H14OS/c1-13-7-9-14(10-8-13)17-11-16(12-19)20-18(17)15-5-3-2-4-6-15/h2-12H,1H3. The second-order valence-corrected chi connectivity index (χ2v) is 5.83. The molecule has 0 bridgehead atoms. The van der Waals surface area contributed by atoms with Crippen LogP contribution in [0.5, 0.6) is 0 Å². The number of rotatable bonds is 3. The average molecular weight is 278 g/mol. The van der Waals surface area contributed by atoms with E-state index < -0.39 is 0 Å². The van der Waals surface area contributed by atoms with Gasteiger partial charge in [0, 0.05) is 10.4 Å². The maximum atomic E-state index is 11.1. The van der Waals surface area contributed by atoms with Crippen molar-refractivity contribution in [3.8, 4) is 21.6 Å². The van der Waals surface area contributed by atoms with Crippen LogP contribution in [0.3, 0.4) is 0 Å². The lowest BCUT2D eigenvalue weighted by Crippen LogP contribution is -1.79. The smallest absolute Gasteiger partial charge is 0.160 e. The fourth-order valence-electron chi connectivity index (χ4n) is 2.22. The minimum Gasteiger partial charge on any atom is -0.297 e. The summed E-state index contributed by atoms with van der Waals surface area (Å²) in [6, 6.07) is 20.6. The molecule has 0 saturated heterocycles. The molecule has 0 saturated carbocycles. The van der Waals surface area contributed by atoms with Gasteiger partial charge in [-0.1, -0.05) is 60.2 Å². The Morgan fingerprint density at radius 2 is 1.60 bits per heavy atom. The predicted octanol–water partition coefficient (Wildman–Crippen LogP) is 5.20. The van der Waals surface area contributed by atoms with Crippen molar-refractivity contribution < 1.29 is 4.79 Å². The van der Waals surface area contributed by atoms with E-state index in [9.17, 15) is 4.79 Å². The van der Waals surface area contributed by atoms with Gasteiger partial charge in [-0.15, -0.1) is 11.3 Å². The first-order valence-corrected chi connectivity index (χ1v) is 7.31. The van der Waals surface area contributed by atoms with E-state index in [1.54, 1.807) is 11.3 Å². The Kier molecular flexibility index (Phi) is 3.48. The predicted molar refractivity (Wildman–Crippen MR) is 85.3 cm³/mol. The number of hydrogen-bond donors (Lipinski definition) is 0. The van der Waals surface area contributed by atoms with Crippen LogP contribution in [0.25, 0.3) is 21.6 Å². The van der Waals surface area contributed by atoms with Crippen molar-refractivity contribution >= 4 is 17.6 Å². The van der Waals surface area contributed by atoms with E-state index in [2.05, 4.69) is 43.3 Å². The summed E-state index contributed by atoms with van der Waals surface area (Å²) in [6.45, 7) is 2.08. The number of thiophene rings is 1. The highest BCUT2D eigenvalue weighted by molar-refractivity contribution is 7.17. The zero-order valence-corrected chi connectivity index (χ0v) is 12.0. The Morgan fingerprint density at radius 1 is 0.900 bits per heavy atom. The Balaban J connectivity index is 2.17.